The summed E-state index contributed by atoms with van der Waals surface area (Å²) in [7, 11) is 0. The van der Waals surface area contributed by atoms with E-state index in [0.29, 0.717) is 25.1 Å². The highest BCUT2D eigenvalue weighted by Crippen LogP contribution is 2.30. The smallest absolute Gasteiger partial charge is 0.253 e. The molecular weight excluding hydrogens is 216 g/mol. The van der Waals surface area contributed by atoms with E-state index < -0.39 is 5.41 Å². The number of primary amides is 1. The molecule has 1 aromatic carbocycles. The van der Waals surface area contributed by atoms with Gasteiger partial charge in [0.25, 0.3) is 5.91 Å². The van der Waals surface area contributed by atoms with Crippen LogP contribution < -0.4 is 5.73 Å². The van der Waals surface area contributed by atoms with Crippen LogP contribution in [0.25, 0.3) is 0 Å². The SMILES string of the molecule is CC1(C(N)=O)CCN(C(=O)c2ccccc2)C1. The van der Waals surface area contributed by atoms with E-state index in [1.165, 1.54) is 0 Å². The highest BCUT2D eigenvalue weighted by molar-refractivity contribution is 5.95. The monoisotopic (exact) mass is 232 g/mol. The van der Waals surface area contributed by atoms with Gasteiger partial charge in [-0.15, -0.1) is 0 Å². The third-order valence-corrected chi connectivity index (χ3v) is 3.38. The van der Waals surface area contributed by atoms with Crippen LogP contribution in [0, 0.1) is 5.41 Å². The van der Waals surface area contributed by atoms with Gasteiger partial charge in [0.1, 0.15) is 0 Å². The fourth-order valence-electron chi connectivity index (χ4n) is 2.10. The molecule has 4 nitrogen and oxygen atoms in total. The van der Waals surface area contributed by atoms with Crippen molar-refractivity contribution in [3.8, 4) is 0 Å². The minimum absolute atomic E-state index is 0.0319. The lowest BCUT2D eigenvalue weighted by atomic mass is 9.89. The predicted molar refractivity (Wildman–Crippen MR) is 64.3 cm³/mol. The van der Waals surface area contributed by atoms with Crippen LogP contribution in [0.15, 0.2) is 30.3 Å². The molecule has 0 aromatic heterocycles. The molecule has 0 saturated carbocycles. The first kappa shape index (κ1) is 11.6. The topological polar surface area (TPSA) is 63.4 Å². The van der Waals surface area contributed by atoms with Crippen molar-refractivity contribution < 1.29 is 9.59 Å². The maximum Gasteiger partial charge on any atom is 0.253 e. The minimum Gasteiger partial charge on any atom is -0.369 e. The van der Waals surface area contributed by atoms with E-state index in [9.17, 15) is 9.59 Å². The van der Waals surface area contributed by atoms with Crippen molar-refractivity contribution in [2.45, 2.75) is 13.3 Å². The number of amides is 2. The van der Waals surface area contributed by atoms with Crippen LogP contribution in [0.3, 0.4) is 0 Å². The number of rotatable bonds is 2. The first-order valence-corrected chi connectivity index (χ1v) is 5.67. The molecule has 4 heteroatoms. The van der Waals surface area contributed by atoms with Crippen molar-refractivity contribution in [3.05, 3.63) is 35.9 Å². The molecule has 1 aliphatic rings. The van der Waals surface area contributed by atoms with E-state index in [0.717, 1.165) is 0 Å². The first-order valence-electron chi connectivity index (χ1n) is 5.67. The van der Waals surface area contributed by atoms with Crippen molar-refractivity contribution in [1.82, 2.24) is 4.90 Å². The molecule has 0 radical (unpaired) electrons. The third-order valence-electron chi connectivity index (χ3n) is 3.38. The van der Waals surface area contributed by atoms with Crippen molar-refractivity contribution in [1.29, 1.82) is 0 Å². The molecule has 0 spiro atoms. The Morgan fingerprint density at radius 3 is 2.47 bits per heavy atom. The van der Waals surface area contributed by atoms with E-state index in [4.69, 9.17) is 5.73 Å². The summed E-state index contributed by atoms with van der Waals surface area (Å²) in [5, 5.41) is 0. The molecule has 2 rings (SSSR count). The van der Waals surface area contributed by atoms with Gasteiger partial charge in [-0.1, -0.05) is 18.2 Å². The molecule has 1 fully saturated rings. The van der Waals surface area contributed by atoms with Gasteiger partial charge in [-0.25, -0.2) is 0 Å². The molecular formula is C13H16N2O2. The van der Waals surface area contributed by atoms with Gasteiger partial charge < -0.3 is 10.6 Å². The first-order chi connectivity index (χ1) is 8.03. The zero-order valence-corrected chi connectivity index (χ0v) is 9.85. The Morgan fingerprint density at radius 2 is 1.94 bits per heavy atom. The summed E-state index contributed by atoms with van der Waals surface area (Å²) in [6.07, 6.45) is 0.640. The van der Waals surface area contributed by atoms with E-state index in [-0.39, 0.29) is 11.8 Å². The quantitative estimate of drug-likeness (QED) is 0.827. The summed E-state index contributed by atoms with van der Waals surface area (Å²) in [6.45, 7) is 2.82. The highest BCUT2D eigenvalue weighted by atomic mass is 16.2. The van der Waals surface area contributed by atoms with E-state index in [1.807, 2.05) is 25.1 Å². The normalized spacial score (nSPS) is 23.7. The molecule has 2 amide bonds. The third kappa shape index (κ3) is 2.16. The van der Waals surface area contributed by atoms with Gasteiger partial charge in [-0.3, -0.25) is 9.59 Å². The Labute approximate surface area is 100 Å². The van der Waals surface area contributed by atoms with Crippen LogP contribution in [0.1, 0.15) is 23.7 Å². The molecule has 1 aliphatic heterocycles. The van der Waals surface area contributed by atoms with Gasteiger partial charge >= 0.3 is 0 Å². The second kappa shape index (κ2) is 4.20. The van der Waals surface area contributed by atoms with Crippen LogP contribution in [-0.2, 0) is 4.79 Å². The zero-order valence-electron chi connectivity index (χ0n) is 9.85. The summed E-state index contributed by atoms with van der Waals surface area (Å²) in [5.74, 6) is -0.364. The number of carbonyl (C=O) groups excluding carboxylic acids is 2. The van der Waals surface area contributed by atoms with Gasteiger partial charge in [0.2, 0.25) is 5.91 Å². The minimum atomic E-state index is -0.579. The zero-order chi connectivity index (χ0) is 12.5. The molecule has 1 atom stereocenters. The number of benzene rings is 1. The number of nitrogens with two attached hydrogens (primary N) is 1. The highest BCUT2D eigenvalue weighted by Gasteiger charge is 2.40. The average Bonchev–Trinajstić information content (AvgIpc) is 2.74. The lowest BCUT2D eigenvalue weighted by Crippen LogP contribution is -2.38. The number of nitrogens with zero attached hydrogens (tertiary/aromatic N) is 1. The van der Waals surface area contributed by atoms with Crippen LogP contribution in [0.5, 0.6) is 0 Å². The maximum atomic E-state index is 12.1. The summed E-state index contributed by atoms with van der Waals surface area (Å²) in [6, 6.07) is 9.09. The molecule has 0 aliphatic carbocycles. The van der Waals surface area contributed by atoms with Crippen molar-refractivity contribution in [2.75, 3.05) is 13.1 Å². The number of hydrogen-bond donors (Lipinski definition) is 1. The second-order valence-corrected chi connectivity index (χ2v) is 4.77. The Hall–Kier alpha value is -1.84. The lowest BCUT2D eigenvalue weighted by molar-refractivity contribution is -0.126. The van der Waals surface area contributed by atoms with Gasteiger partial charge in [-0.2, -0.15) is 0 Å². The predicted octanol–water partition coefficient (Wildman–Crippen LogP) is 1.02. The van der Waals surface area contributed by atoms with E-state index in [1.54, 1.807) is 17.0 Å². The lowest BCUT2D eigenvalue weighted by Gasteiger charge is -2.21. The van der Waals surface area contributed by atoms with Gasteiger partial charge in [0, 0.05) is 18.7 Å². The Balaban J connectivity index is 2.12. The maximum absolute atomic E-state index is 12.1. The fourth-order valence-corrected chi connectivity index (χ4v) is 2.10. The molecule has 1 aromatic rings. The van der Waals surface area contributed by atoms with Gasteiger partial charge in [0.05, 0.1) is 5.41 Å². The fraction of sp³-hybridized carbons (Fsp3) is 0.385. The molecule has 17 heavy (non-hydrogen) atoms. The Kier molecular flexibility index (Phi) is 2.88. The Bertz CT molecular complexity index is 444. The Morgan fingerprint density at radius 1 is 1.29 bits per heavy atom. The van der Waals surface area contributed by atoms with Crippen molar-refractivity contribution >= 4 is 11.8 Å². The van der Waals surface area contributed by atoms with Gasteiger partial charge in [0.15, 0.2) is 0 Å². The average molecular weight is 232 g/mol. The largest absolute Gasteiger partial charge is 0.369 e. The van der Waals surface area contributed by atoms with Crippen LogP contribution in [0.4, 0.5) is 0 Å². The number of hydrogen-bond acceptors (Lipinski definition) is 2. The summed E-state index contributed by atoms with van der Waals surface area (Å²) >= 11 is 0. The molecule has 1 heterocycles. The van der Waals surface area contributed by atoms with Crippen LogP contribution >= 0.6 is 0 Å². The van der Waals surface area contributed by atoms with E-state index >= 15 is 0 Å². The molecule has 1 unspecified atom stereocenters. The van der Waals surface area contributed by atoms with E-state index in [2.05, 4.69) is 0 Å². The standard InChI is InChI=1S/C13H16N2O2/c1-13(12(14)17)7-8-15(9-13)11(16)10-5-3-2-4-6-10/h2-6H,7-9H2,1H3,(H2,14,17). The summed E-state index contributed by atoms with van der Waals surface area (Å²) in [5.41, 5.74) is 5.43. The number of carbonyl (C=O) groups is 2. The van der Waals surface area contributed by atoms with Crippen LogP contribution in [0.2, 0.25) is 0 Å². The molecule has 2 N–H and O–H groups in total. The molecule has 1 saturated heterocycles. The van der Waals surface area contributed by atoms with Crippen LogP contribution in [-0.4, -0.2) is 29.8 Å². The molecule has 90 valence electrons. The van der Waals surface area contributed by atoms with Crippen molar-refractivity contribution in [3.63, 3.8) is 0 Å². The summed E-state index contributed by atoms with van der Waals surface area (Å²) in [4.78, 5) is 25.1. The summed E-state index contributed by atoms with van der Waals surface area (Å²) < 4.78 is 0. The number of likely N-dealkylation sites (tertiary alicyclic amines) is 1. The second-order valence-electron chi connectivity index (χ2n) is 4.77. The van der Waals surface area contributed by atoms with Crippen molar-refractivity contribution in [2.24, 2.45) is 11.1 Å². The van der Waals surface area contributed by atoms with Gasteiger partial charge in [-0.05, 0) is 25.5 Å². The molecule has 0 bridgehead atoms.